The number of rotatable bonds is 1. The molecule has 0 spiro atoms. The van der Waals surface area contributed by atoms with Crippen LogP contribution in [0, 0.1) is 5.82 Å². The van der Waals surface area contributed by atoms with Gasteiger partial charge in [0.15, 0.2) is 0 Å². The second-order valence-corrected chi connectivity index (χ2v) is 3.67. The molecule has 3 nitrogen and oxygen atoms in total. The summed E-state index contributed by atoms with van der Waals surface area (Å²) < 4.78 is 13.0. The lowest BCUT2D eigenvalue weighted by atomic mass is 10.1. The predicted octanol–water partition coefficient (Wildman–Crippen LogP) is 1.93. The van der Waals surface area contributed by atoms with Gasteiger partial charge in [-0.15, -0.1) is 0 Å². The maximum absolute atomic E-state index is 13.0. The van der Waals surface area contributed by atoms with Crippen molar-refractivity contribution in [2.45, 2.75) is 6.42 Å². The second-order valence-electron chi connectivity index (χ2n) is 3.67. The van der Waals surface area contributed by atoms with Gasteiger partial charge in [-0.3, -0.25) is 4.79 Å². The van der Waals surface area contributed by atoms with Crippen LogP contribution in [0.15, 0.2) is 30.4 Å². The Bertz CT molecular complexity index is 443. The van der Waals surface area contributed by atoms with E-state index in [9.17, 15) is 14.3 Å². The number of phenolic OH excluding ortho intramolecular Hbond substituents is 1. The van der Waals surface area contributed by atoms with E-state index in [1.54, 1.807) is 4.90 Å². The summed E-state index contributed by atoms with van der Waals surface area (Å²) in [6, 6.07) is 3.39. The molecule has 0 fully saturated rings. The number of benzene rings is 1. The molecule has 0 atom stereocenters. The third-order valence-corrected chi connectivity index (χ3v) is 2.53. The molecular formula is C12H12FNO2. The van der Waals surface area contributed by atoms with E-state index >= 15 is 0 Å². The average molecular weight is 221 g/mol. The van der Waals surface area contributed by atoms with E-state index in [0.717, 1.165) is 18.6 Å². The van der Waals surface area contributed by atoms with Crippen LogP contribution in [0.3, 0.4) is 0 Å². The Balaban J connectivity index is 2.26. The minimum atomic E-state index is -0.520. The molecule has 0 bridgehead atoms. The maximum Gasteiger partial charge on any atom is 0.258 e. The van der Waals surface area contributed by atoms with Gasteiger partial charge in [-0.05, 0) is 24.6 Å². The largest absolute Gasteiger partial charge is 0.507 e. The van der Waals surface area contributed by atoms with E-state index in [4.69, 9.17) is 0 Å². The van der Waals surface area contributed by atoms with Gasteiger partial charge in [0, 0.05) is 13.1 Å². The lowest BCUT2D eigenvalue weighted by Crippen LogP contribution is -2.33. The van der Waals surface area contributed by atoms with Crippen molar-refractivity contribution in [1.82, 2.24) is 4.90 Å². The number of nitrogens with zero attached hydrogens (tertiary/aromatic N) is 1. The van der Waals surface area contributed by atoms with Gasteiger partial charge in [-0.2, -0.15) is 0 Å². The van der Waals surface area contributed by atoms with Crippen LogP contribution in [-0.4, -0.2) is 29.0 Å². The first-order chi connectivity index (χ1) is 7.68. The minimum Gasteiger partial charge on any atom is -0.507 e. The fraction of sp³-hybridized carbons (Fsp3) is 0.250. The molecule has 84 valence electrons. The topological polar surface area (TPSA) is 40.5 Å². The molecular weight excluding hydrogens is 209 g/mol. The smallest absolute Gasteiger partial charge is 0.258 e. The first-order valence-electron chi connectivity index (χ1n) is 5.11. The van der Waals surface area contributed by atoms with Crippen molar-refractivity contribution in [2.75, 3.05) is 13.1 Å². The Hall–Kier alpha value is -1.84. The fourth-order valence-corrected chi connectivity index (χ4v) is 1.68. The lowest BCUT2D eigenvalue weighted by Gasteiger charge is -2.23. The normalized spacial score (nSPS) is 15.2. The summed E-state index contributed by atoms with van der Waals surface area (Å²) in [7, 11) is 0. The fourth-order valence-electron chi connectivity index (χ4n) is 1.68. The van der Waals surface area contributed by atoms with Gasteiger partial charge in [-0.25, -0.2) is 4.39 Å². The molecule has 0 radical (unpaired) electrons. The molecule has 1 N–H and O–H groups in total. The zero-order valence-corrected chi connectivity index (χ0v) is 8.69. The molecule has 0 saturated heterocycles. The highest BCUT2D eigenvalue weighted by atomic mass is 19.1. The second kappa shape index (κ2) is 4.35. The van der Waals surface area contributed by atoms with Crippen LogP contribution in [0.5, 0.6) is 5.75 Å². The highest BCUT2D eigenvalue weighted by molar-refractivity contribution is 5.97. The Morgan fingerprint density at radius 3 is 2.88 bits per heavy atom. The lowest BCUT2D eigenvalue weighted by molar-refractivity contribution is 0.0767. The molecule has 2 rings (SSSR count). The standard InChI is InChI=1S/C12H12FNO2/c13-9-4-5-11(15)10(8-9)12(16)14-6-2-1-3-7-14/h1-2,4-5,8,15H,3,6-7H2. The Labute approximate surface area is 92.8 Å². The molecule has 0 aromatic heterocycles. The number of halogens is 1. The Morgan fingerprint density at radius 2 is 2.19 bits per heavy atom. The summed E-state index contributed by atoms with van der Waals surface area (Å²) >= 11 is 0. The van der Waals surface area contributed by atoms with Gasteiger partial charge in [0.25, 0.3) is 5.91 Å². The minimum absolute atomic E-state index is 0.0234. The molecule has 0 aliphatic carbocycles. The molecule has 1 heterocycles. The summed E-state index contributed by atoms with van der Waals surface area (Å²) in [5.41, 5.74) is 0.0234. The van der Waals surface area contributed by atoms with Crippen molar-refractivity contribution >= 4 is 5.91 Å². The van der Waals surface area contributed by atoms with Crippen molar-refractivity contribution in [3.63, 3.8) is 0 Å². The highest BCUT2D eigenvalue weighted by Crippen LogP contribution is 2.20. The number of carbonyl (C=O) groups excluding carboxylic acids is 1. The molecule has 16 heavy (non-hydrogen) atoms. The van der Waals surface area contributed by atoms with E-state index in [2.05, 4.69) is 0 Å². The van der Waals surface area contributed by atoms with Crippen molar-refractivity contribution in [1.29, 1.82) is 0 Å². The van der Waals surface area contributed by atoms with E-state index in [-0.39, 0.29) is 17.2 Å². The average Bonchev–Trinajstić information content (AvgIpc) is 2.32. The van der Waals surface area contributed by atoms with Gasteiger partial charge >= 0.3 is 0 Å². The molecule has 0 unspecified atom stereocenters. The van der Waals surface area contributed by atoms with E-state index < -0.39 is 5.82 Å². The van der Waals surface area contributed by atoms with Gasteiger partial charge in [0.2, 0.25) is 0 Å². The number of amides is 1. The first kappa shape index (κ1) is 10.7. The number of hydrogen-bond donors (Lipinski definition) is 1. The zero-order valence-electron chi connectivity index (χ0n) is 8.69. The number of carbonyl (C=O) groups is 1. The van der Waals surface area contributed by atoms with E-state index in [0.29, 0.717) is 13.1 Å². The number of hydrogen-bond acceptors (Lipinski definition) is 2. The van der Waals surface area contributed by atoms with E-state index in [1.165, 1.54) is 6.07 Å². The van der Waals surface area contributed by atoms with E-state index in [1.807, 2.05) is 12.2 Å². The SMILES string of the molecule is O=C(c1cc(F)ccc1O)N1CC=CCC1. The third-order valence-electron chi connectivity index (χ3n) is 2.53. The molecule has 1 aromatic carbocycles. The van der Waals surface area contributed by atoms with Crippen LogP contribution in [0.2, 0.25) is 0 Å². The third kappa shape index (κ3) is 2.05. The monoisotopic (exact) mass is 221 g/mol. The zero-order chi connectivity index (χ0) is 11.5. The molecule has 1 amide bonds. The van der Waals surface area contributed by atoms with Gasteiger partial charge in [-0.1, -0.05) is 12.2 Å². The Morgan fingerprint density at radius 1 is 1.38 bits per heavy atom. The van der Waals surface area contributed by atoms with Crippen LogP contribution < -0.4 is 0 Å². The quantitative estimate of drug-likeness (QED) is 0.736. The van der Waals surface area contributed by atoms with Crippen molar-refractivity contribution < 1.29 is 14.3 Å². The summed E-state index contributed by atoms with van der Waals surface area (Å²) in [6.45, 7) is 1.11. The maximum atomic E-state index is 13.0. The predicted molar refractivity (Wildman–Crippen MR) is 57.7 cm³/mol. The van der Waals surface area contributed by atoms with Gasteiger partial charge in [0.05, 0.1) is 5.56 Å². The van der Waals surface area contributed by atoms with Crippen LogP contribution in [-0.2, 0) is 0 Å². The van der Waals surface area contributed by atoms with Crippen LogP contribution in [0.25, 0.3) is 0 Å². The molecule has 1 aliphatic heterocycles. The highest BCUT2D eigenvalue weighted by Gasteiger charge is 2.19. The Kier molecular flexibility index (Phi) is 2.90. The van der Waals surface area contributed by atoms with Crippen molar-refractivity contribution in [3.8, 4) is 5.75 Å². The first-order valence-corrected chi connectivity index (χ1v) is 5.11. The number of phenols is 1. The number of aromatic hydroxyl groups is 1. The van der Waals surface area contributed by atoms with Crippen molar-refractivity contribution in [3.05, 3.63) is 41.7 Å². The summed E-state index contributed by atoms with van der Waals surface area (Å²) in [5, 5.41) is 9.50. The molecule has 1 aromatic rings. The van der Waals surface area contributed by atoms with Crippen molar-refractivity contribution in [2.24, 2.45) is 0 Å². The van der Waals surface area contributed by atoms with Crippen LogP contribution in [0.1, 0.15) is 16.8 Å². The van der Waals surface area contributed by atoms with Crippen LogP contribution >= 0.6 is 0 Å². The molecule has 0 saturated carbocycles. The van der Waals surface area contributed by atoms with Gasteiger partial charge < -0.3 is 10.0 Å². The van der Waals surface area contributed by atoms with Gasteiger partial charge in [0.1, 0.15) is 11.6 Å². The summed E-state index contributed by atoms with van der Waals surface area (Å²) in [4.78, 5) is 13.5. The summed E-state index contributed by atoms with van der Waals surface area (Å²) in [5.74, 6) is -1.03. The molecule has 4 heteroatoms. The van der Waals surface area contributed by atoms with Crippen LogP contribution in [0.4, 0.5) is 4.39 Å². The summed E-state index contributed by atoms with van der Waals surface area (Å²) in [6.07, 6.45) is 4.68. The molecule has 1 aliphatic rings.